The quantitative estimate of drug-likeness (QED) is 0.195. The van der Waals surface area contributed by atoms with E-state index < -0.39 is 5.97 Å². The molecule has 0 radical (unpaired) electrons. The van der Waals surface area contributed by atoms with Crippen LogP contribution in [0, 0.1) is 0 Å². The second kappa shape index (κ2) is 10.2. The molecule has 0 saturated heterocycles. The van der Waals surface area contributed by atoms with Gasteiger partial charge in [-0.15, -0.1) is 0 Å². The van der Waals surface area contributed by atoms with E-state index >= 15 is 0 Å². The third-order valence-corrected chi connectivity index (χ3v) is 8.17. The molecule has 1 aliphatic carbocycles. The van der Waals surface area contributed by atoms with E-state index in [1.165, 1.54) is 43.7 Å². The molecule has 0 amide bonds. The van der Waals surface area contributed by atoms with Crippen LogP contribution in [-0.2, 0) is 11.3 Å². The lowest BCUT2D eigenvalue weighted by atomic mass is 9.81. The summed E-state index contributed by atoms with van der Waals surface area (Å²) in [5.41, 5.74) is 7.21. The summed E-state index contributed by atoms with van der Waals surface area (Å²) in [6, 6.07) is 12.3. The molecule has 1 aliphatic heterocycles. The average molecular weight is 525 g/mol. The lowest BCUT2D eigenvalue weighted by Gasteiger charge is -2.24. The summed E-state index contributed by atoms with van der Waals surface area (Å²) in [4.78, 5) is 29.5. The van der Waals surface area contributed by atoms with Crippen molar-refractivity contribution >= 4 is 34.3 Å². The number of methoxy groups -OCH3 is 2. The molecule has 0 unspecified atom stereocenters. The van der Waals surface area contributed by atoms with Crippen molar-refractivity contribution in [2.75, 3.05) is 14.2 Å². The van der Waals surface area contributed by atoms with Gasteiger partial charge < -0.3 is 18.5 Å². The number of esters is 1. The molecule has 2 aliphatic rings. The predicted octanol–water partition coefficient (Wildman–Crippen LogP) is 7.29. The van der Waals surface area contributed by atoms with E-state index in [0.717, 1.165) is 46.5 Å². The Morgan fingerprint density at radius 2 is 1.90 bits per heavy atom. The Bertz CT molecular complexity index is 1620. The first-order valence-corrected chi connectivity index (χ1v) is 13.6. The van der Waals surface area contributed by atoms with Crippen molar-refractivity contribution in [1.82, 2.24) is 9.55 Å². The summed E-state index contributed by atoms with van der Waals surface area (Å²) in [6.07, 6.45) is 9.74. The maximum absolute atomic E-state index is 12.8. The van der Waals surface area contributed by atoms with Crippen molar-refractivity contribution in [2.24, 2.45) is 0 Å². The average Bonchev–Trinajstić information content (AvgIpc) is 3.55. The number of aromatic nitrogens is 2. The largest absolute Gasteiger partial charge is 0.497 e. The highest BCUT2D eigenvalue weighted by Gasteiger charge is 2.31. The van der Waals surface area contributed by atoms with Gasteiger partial charge in [-0.3, -0.25) is 4.79 Å². The molecule has 6 rings (SSSR count). The number of ketones is 1. The van der Waals surface area contributed by atoms with Gasteiger partial charge in [-0.25, -0.2) is 9.78 Å². The van der Waals surface area contributed by atoms with Crippen molar-refractivity contribution in [3.63, 3.8) is 0 Å². The minimum atomic E-state index is -0.550. The normalized spacial score (nSPS) is 15.3. The van der Waals surface area contributed by atoms with Crippen LogP contribution in [-0.4, -0.2) is 35.5 Å². The van der Waals surface area contributed by atoms with Gasteiger partial charge in [-0.1, -0.05) is 38.3 Å². The molecular formula is C32H32N2O5. The van der Waals surface area contributed by atoms with Crippen LogP contribution in [0.1, 0.15) is 89.1 Å². The number of ether oxygens (including phenoxy) is 2. The van der Waals surface area contributed by atoms with Crippen LogP contribution >= 0.6 is 0 Å². The summed E-state index contributed by atoms with van der Waals surface area (Å²) in [5, 5.41) is 1.18. The Hall–Kier alpha value is -4.13. The Morgan fingerprint density at radius 1 is 1.08 bits per heavy atom. The Morgan fingerprint density at radius 3 is 2.64 bits per heavy atom. The van der Waals surface area contributed by atoms with E-state index in [9.17, 15) is 9.59 Å². The highest BCUT2D eigenvalue weighted by Crippen LogP contribution is 2.48. The van der Waals surface area contributed by atoms with Crippen LogP contribution in [0.15, 0.2) is 47.2 Å². The highest BCUT2D eigenvalue weighted by molar-refractivity contribution is 6.04. The second-order valence-corrected chi connectivity index (χ2v) is 10.3. The number of allylic oxidation sites excluding steroid dienone is 1. The summed E-state index contributed by atoms with van der Waals surface area (Å²) in [6.45, 7) is 2.33. The van der Waals surface area contributed by atoms with E-state index in [2.05, 4.69) is 27.8 Å². The summed E-state index contributed by atoms with van der Waals surface area (Å²) in [7, 11) is 2.99. The molecule has 0 bridgehead atoms. The molecule has 0 atom stereocenters. The van der Waals surface area contributed by atoms with Crippen LogP contribution in [0.5, 0.6) is 5.75 Å². The topological polar surface area (TPSA) is 83.6 Å². The van der Waals surface area contributed by atoms with Gasteiger partial charge in [-0.05, 0) is 60.2 Å². The third kappa shape index (κ3) is 4.26. The number of oxazole rings is 1. The molecule has 200 valence electrons. The predicted molar refractivity (Wildman–Crippen MR) is 150 cm³/mol. The number of carbonyl (C=O) groups is 2. The molecular weight excluding hydrogens is 492 g/mol. The molecule has 4 aromatic rings. The number of nitrogens with zero attached hydrogens (tertiary/aromatic N) is 2. The smallest absolute Gasteiger partial charge is 0.360 e. The SMILES string of the molecule is CCC(=O)c1ccc2c(C3CCCCC3)c3n(c2c1)CC(c1ocnc1C(=O)OC)=Cc1cc(OC)ccc1-3. The number of hydrogen-bond acceptors (Lipinski definition) is 6. The van der Waals surface area contributed by atoms with E-state index in [-0.39, 0.29) is 11.5 Å². The first kappa shape index (κ1) is 25.2. The molecule has 0 N–H and O–H groups in total. The number of rotatable bonds is 6. The Balaban J connectivity index is 1.67. The Kier molecular flexibility index (Phi) is 6.59. The number of benzene rings is 2. The maximum atomic E-state index is 12.8. The van der Waals surface area contributed by atoms with Crippen LogP contribution in [0.2, 0.25) is 0 Å². The molecule has 7 nitrogen and oxygen atoms in total. The zero-order chi connectivity index (χ0) is 27.1. The lowest BCUT2D eigenvalue weighted by molar-refractivity contribution is 0.0593. The minimum absolute atomic E-state index is 0.115. The van der Waals surface area contributed by atoms with Crippen molar-refractivity contribution in [2.45, 2.75) is 57.9 Å². The third-order valence-electron chi connectivity index (χ3n) is 8.17. The van der Waals surface area contributed by atoms with Crippen molar-refractivity contribution in [3.05, 3.63) is 70.9 Å². The second-order valence-electron chi connectivity index (χ2n) is 10.3. The van der Waals surface area contributed by atoms with Crippen LogP contribution < -0.4 is 4.74 Å². The summed E-state index contributed by atoms with van der Waals surface area (Å²) < 4.78 is 18.7. The molecule has 2 aromatic heterocycles. The molecule has 0 spiro atoms. The van der Waals surface area contributed by atoms with Gasteiger partial charge in [0.25, 0.3) is 0 Å². The van der Waals surface area contributed by atoms with Crippen LogP contribution in [0.4, 0.5) is 0 Å². The van der Waals surface area contributed by atoms with E-state index in [1.54, 1.807) is 7.11 Å². The number of fused-ring (bicyclic) bond motifs is 5. The van der Waals surface area contributed by atoms with Gasteiger partial charge in [0.05, 0.1) is 26.5 Å². The van der Waals surface area contributed by atoms with Crippen LogP contribution in [0.25, 0.3) is 33.8 Å². The first-order chi connectivity index (χ1) is 19.0. The Labute approximate surface area is 227 Å². The van der Waals surface area contributed by atoms with Gasteiger partial charge in [0.15, 0.2) is 23.6 Å². The number of carbonyl (C=O) groups excluding carboxylic acids is 2. The minimum Gasteiger partial charge on any atom is -0.497 e. The van der Waals surface area contributed by atoms with Crippen molar-refractivity contribution < 1.29 is 23.5 Å². The fourth-order valence-corrected chi connectivity index (χ4v) is 6.27. The fourth-order valence-electron chi connectivity index (χ4n) is 6.27. The number of Topliss-reactive ketones (excluding diaryl/α,β-unsaturated/α-hetero) is 1. The fraction of sp³-hybridized carbons (Fsp3) is 0.344. The molecule has 2 aromatic carbocycles. The molecule has 1 saturated carbocycles. The molecule has 1 fully saturated rings. The van der Waals surface area contributed by atoms with Gasteiger partial charge in [0.2, 0.25) is 0 Å². The van der Waals surface area contributed by atoms with E-state index in [0.29, 0.717) is 30.2 Å². The standard InChI is InChI=1S/C32H32N2O5/c1-4-27(35)20-10-12-25-26(16-20)34-17-22(31-29(32(36)38-3)33-18-39-31)14-21-15-23(37-2)11-13-24(21)30(34)28(25)19-8-6-5-7-9-19/h10-16,18-19H,4-9,17H2,1-3H3. The zero-order valence-electron chi connectivity index (χ0n) is 22.6. The number of hydrogen-bond donors (Lipinski definition) is 0. The monoisotopic (exact) mass is 524 g/mol. The van der Waals surface area contributed by atoms with Gasteiger partial charge in [0.1, 0.15) is 5.75 Å². The van der Waals surface area contributed by atoms with Gasteiger partial charge >= 0.3 is 5.97 Å². The highest BCUT2D eigenvalue weighted by atomic mass is 16.5. The van der Waals surface area contributed by atoms with Crippen molar-refractivity contribution in [1.29, 1.82) is 0 Å². The molecule has 7 heteroatoms. The van der Waals surface area contributed by atoms with Gasteiger partial charge in [-0.2, -0.15) is 0 Å². The maximum Gasteiger partial charge on any atom is 0.360 e. The van der Waals surface area contributed by atoms with Crippen LogP contribution in [0.3, 0.4) is 0 Å². The van der Waals surface area contributed by atoms with E-state index in [4.69, 9.17) is 13.9 Å². The van der Waals surface area contributed by atoms with Gasteiger partial charge in [0, 0.05) is 34.0 Å². The molecule has 3 heterocycles. The first-order valence-electron chi connectivity index (χ1n) is 13.6. The summed E-state index contributed by atoms with van der Waals surface area (Å²) >= 11 is 0. The summed E-state index contributed by atoms with van der Waals surface area (Å²) in [5.74, 6) is 1.12. The lowest BCUT2D eigenvalue weighted by Crippen LogP contribution is -2.08. The van der Waals surface area contributed by atoms with E-state index in [1.807, 2.05) is 31.2 Å². The molecule has 39 heavy (non-hydrogen) atoms. The van der Waals surface area contributed by atoms with Crippen molar-refractivity contribution in [3.8, 4) is 17.0 Å². The zero-order valence-corrected chi connectivity index (χ0v) is 22.6.